The van der Waals surface area contributed by atoms with Gasteiger partial charge in [-0.25, -0.2) is 0 Å². The molecule has 2 N–H and O–H groups in total. The maximum atomic E-state index is 13.6. The lowest BCUT2D eigenvalue weighted by molar-refractivity contribution is -0.384. The SMILES string of the molecule is Cc1ccc(N(C(=O)c2ccncc2)C2CNCCO2)cc1NC(=O)c1cccc(N2CCN(C)CC2)c1[N+](=O)[O-]. The zero-order chi connectivity index (χ0) is 28.9. The lowest BCUT2D eigenvalue weighted by atomic mass is 10.1. The Balaban J connectivity index is 1.46. The van der Waals surface area contributed by atoms with Crippen LogP contribution in [0.2, 0.25) is 0 Å². The van der Waals surface area contributed by atoms with Crippen LogP contribution in [0.5, 0.6) is 0 Å². The highest BCUT2D eigenvalue weighted by Gasteiger charge is 2.31. The van der Waals surface area contributed by atoms with Gasteiger partial charge in [-0.05, 0) is 55.9 Å². The first-order chi connectivity index (χ1) is 19.8. The van der Waals surface area contributed by atoms with E-state index in [1.165, 1.54) is 6.07 Å². The topological polar surface area (TPSA) is 133 Å². The van der Waals surface area contributed by atoms with Crippen LogP contribution in [0.15, 0.2) is 60.9 Å². The minimum Gasteiger partial charge on any atom is -0.363 e. The third-order valence-electron chi connectivity index (χ3n) is 7.38. The van der Waals surface area contributed by atoms with E-state index in [1.54, 1.807) is 59.8 Å². The summed E-state index contributed by atoms with van der Waals surface area (Å²) in [5.74, 6) is -0.881. The minimum atomic E-state index is -0.601. The van der Waals surface area contributed by atoms with Crippen molar-refractivity contribution in [3.05, 3.63) is 87.7 Å². The van der Waals surface area contributed by atoms with Crippen LogP contribution in [0.3, 0.4) is 0 Å². The molecule has 2 aromatic carbocycles. The molecule has 2 amide bonds. The summed E-state index contributed by atoms with van der Waals surface area (Å²) in [4.78, 5) is 48.6. The van der Waals surface area contributed by atoms with Crippen LogP contribution < -0.4 is 20.4 Å². The van der Waals surface area contributed by atoms with Gasteiger partial charge in [-0.2, -0.15) is 0 Å². The maximum Gasteiger partial charge on any atom is 0.305 e. The van der Waals surface area contributed by atoms with Crippen molar-refractivity contribution in [2.45, 2.75) is 13.2 Å². The highest BCUT2D eigenvalue weighted by Crippen LogP contribution is 2.34. The van der Waals surface area contributed by atoms with Crippen LogP contribution in [0.1, 0.15) is 26.3 Å². The fourth-order valence-electron chi connectivity index (χ4n) is 5.06. The highest BCUT2D eigenvalue weighted by molar-refractivity contribution is 6.10. The van der Waals surface area contributed by atoms with Crippen molar-refractivity contribution in [1.82, 2.24) is 15.2 Å². The van der Waals surface area contributed by atoms with E-state index in [9.17, 15) is 19.7 Å². The molecule has 1 unspecified atom stereocenters. The average Bonchev–Trinajstić information content (AvgIpc) is 2.99. The van der Waals surface area contributed by atoms with Gasteiger partial charge in [-0.1, -0.05) is 12.1 Å². The molecular weight excluding hydrogens is 526 g/mol. The lowest BCUT2D eigenvalue weighted by Gasteiger charge is -2.35. The van der Waals surface area contributed by atoms with Crippen molar-refractivity contribution in [1.29, 1.82) is 0 Å². The summed E-state index contributed by atoms with van der Waals surface area (Å²) in [5.41, 5.74) is 2.30. The largest absolute Gasteiger partial charge is 0.363 e. The van der Waals surface area contributed by atoms with Crippen molar-refractivity contribution >= 4 is 34.6 Å². The van der Waals surface area contributed by atoms with Gasteiger partial charge in [0.25, 0.3) is 11.8 Å². The van der Waals surface area contributed by atoms with Crippen molar-refractivity contribution in [2.75, 3.05) is 68.0 Å². The molecule has 2 aliphatic rings. The van der Waals surface area contributed by atoms with Gasteiger partial charge >= 0.3 is 5.69 Å². The number of benzene rings is 2. The van der Waals surface area contributed by atoms with Crippen LogP contribution in [0.25, 0.3) is 0 Å². The molecule has 1 aromatic heterocycles. The predicted molar refractivity (Wildman–Crippen MR) is 156 cm³/mol. The zero-order valence-electron chi connectivity index (χ0n) is 23.1. The summed E-state index contributed by atoms with van der Waals surface area (Å²) in [6.45, 7) is 6.16. The molecule has 1 atom stereocenters. The number of ether oxygens (including phenoxy) is 1. The van der Waals surface area contributed by atoms with Crippen LogP contribution in [0, 0.1) is 17.0 Å². The molecule has 0 radical (unpaired) electrons. The fourth-order valence-corrected chi connectivity index (χ4v) is 5.06. The van der Waals surface area contributed by atoms with Crippen molar-refractivity contribution in [2.24, 2.45) is 0 Å². The number of likely N-dealkylation sites (N-methyl/N-ethyl adjacent to an activating group) is 1. The predicted octanol–water partition coefficient (Wildman–Crippen LogP) is 2.90. The molecule has 41 heavy (non-hydrogen) atoms. The number of nitrogens with zero attached hydrogens (tertiary/aromatic N) is 5. The third-order valence-corrected chi connectivity index (χ3v) is 7.38. The Morgan fingerprint density at radius 2 is 1.88 bits per heavy atom. The molecule has 0 aliphatic carbocycles. The number of nitro groups is 1. The number of nitrogens with one attached hydrogen (secondary N) is 2. The van der Waals surface area contributed by atoms with E-state index in [0.29, 0.717) is 55.4 Å². The Kier molecular flexibility index (Phi) is 8.53. The Labute approximate surface area is 238 Å². The first-order valence-corrected chi connectivity index (χ1v) is 13.5. The second-order valence-corrected chi connectivity index (χ2v) is 10.1. The normalized spacial score (nSPS) is 17.6. The first kappa shape index (κ1) is 28.1. The van der Waals surface area contributed by atoms with Crippen molar-refractivity contribution in [3.63, 3.8) is 0 Å². The number of carbonyl (C=O) groups excluding carboxylic acids is 2. The summed E-state index contributed by atoms with van der Waals surface area (Å²) >= 11 is 0. The van der Waals surface area contributed by atoms with Gasteiger partial charge in [0, 0.05) is 68.6 Å². The Hall–Kier alpha value is -4.39. The monoisotopic (exact) mass is 559 g/mol. The number of pyridine rings is 1. The maximum absolute atomic E-state index is 13.6. The molecule has 12 heteroatoms. The molecule has 0 saturated carbocycles. The smallest absolute Gasteiger partial charge is 0.305 e. The number of anilines is 3. The number of morpholine rings is 1. The number of hydrogen-bond acceptors (Lipinski definition) is 9. The Bertz CT molecular complexity index is 1420. The molecule has 3 aromatic rings. The van der Waals surface area contributed by atoms with Crippen LogP contribution in [0.4, 0.5) is 22.7 Å². The first-order valence-electron chi connectivity index (χ1n) is 13.5. The van der Waals surface area contributed by atoms with Crippen LogP contribution >= 0.6 is 0 Å². The van der Waals surface area contributed by atoms with Gasteiger partial charge < -0.3 is 25.2 Å². The molecule has 2 aliphatic heterocycles. The zero-order valence-corrected chi connectivity index (χ0v) is 23.1. The number of rotatable bonds is 7. The lowest BCUT2D eigenvalue weighted by Crippen LogP contribution is -2.52. The van der Waals surface area contributed by atoms with E-state index in [4.69, 9.17) is 4.74 Å². The second kappa shape index (κ2) is 12.4. The summed E-state index contributed by atoms with van der Waals surface area (Å²) in [5, 5.41) is 18.3. The number of hydrogen-bond donors (Lipinski definition) is 2. The number of piperazine rings is 1. The molecule has 2 fully saturated rings. The number of para-hydroxylation sites is 1. The summed E-state index contributed by atoms with van der Waals surface area (Å²) < 4.78 is 5.93. The molecular formula is C29H33N7O5. The molecule has 12 nitrogen and oxygen atoms in total. The number of nitro benzene ring substituents is 1. The van der Waals surface area contributed by atoms with E-state index in [2.05, 4.69) is 20.5 Å². The van der Waals surface area contributed by atoms with E-state index in [1.807, 2.05) is 18.9 Å². The third kappa shape index (κ3) is 6.19. The van der Waals surface area contributed by atoms with Crippen molar-refractivity contribution in [3.8, 4) is 0 Å². The molecule has 2 saturated heterocycles. The van der Waals surface area contributed by atoms with E-state index in [0.717, 1.165) is 18.7 Å². The van der Waals surface area contributed by atoms with Crippen molar-refractivity contribution < 1.29 is 19.2 Å². The van der Waals surface area contributed by atoms with Gasteiger partial charge in [0.1, 0.15) is 17.5 Å². The number of aryl methyl sites for hydroxylation is 1. The summed E-state index contributed by atoms with van der Waals surface area (Å²) in [7, 11) is 2.01. The van der Waals surface area contributed by atoms with Gasteiger partial charge in [-0.15, -0.1) is 0 Å². The minimum absolute atomic E-state index is 0.0271. The quantitative estimate of drug-likeness (QED) is 0.331. The second-order valence-electron chi connectivity index (χ2n) is 10.1. The number of carbonyl (C=O) groups is 2. The summed E-state index contributed by atoms with van der Waals surface area (Å²) in [6.07, 6.45) is 2.53. The molecule has 0 spiro atoms. The highest BCUT2D eigenvalue weighted by atomic mass is 16.6. The number of amides is 2. The fraction of sp³-hybridized carbons (Fsp3) is 0.345. The Morgan fingerprint density at radius 1 is 1.12 bits per heavy atom. The number of aromatic nitrogens is 1. The van der Waals surface area contributed by atoms with E-state index < -0.39 is 17.1 Å². The van der Waals surface area contributed by atoms with Gasteiger partial charge in [0.2, 0.25) is 0 Å². The standard InChI is InChI=1S/C29H33N7O5/c1-20-6-7-22(35(26-19-31-12-17-41-26)29(38)21-8-10-30-11-9-21)18-24(20)32-28(37)23-4-3-5-25(27(23)36(39)40)34-15-13-33(2)14-16-34/h3-11,18,26,31H,12-17,19H2,1-2H3,(H,32,37). The van der Waals surface area contributed by atoms with Gasteiger partial charge in [0.05, 0.1) is 11.5 Å². The molecule has 3 heterocycles. The van der Waals surface area contributed by atoms with Gasteiger partial charge in [-0.3, -0.25) is 29.6 Å². The molecule has 5 rings (SSSR count). The molecule has 0 bridgehead atoms. The van der Waals surface area contributed by atoms with E-state index >= 15 is 0 Å². The van der Waals surface area contributed by atoms with Crippen LogP contribution in [-0.2, 0) is 4.74 Å². The Morgan fingerprint density at radius 3 is 2.56 bits per heavy atom. The van der Waals surface area contributed by atoms with E-state index in [-0.39, 0.29) is 17.2 Å². The summed E-state index contributed by atoms with van der Waals surface area (Å²) in [6, 6.07) is 13.4. The van der Waals surface area contributed by atoms with Crippen LogP contribution in [-0.4, -0.2) is 85.8 Å². The molecule has 214 valence electrons. The van der Waals surface area contributed by atoms with Gasteiger partial charge in [0.15, 0.2) is 0 Å². The average molecular weight is 560 g/mol.